The number of rotatable bonds is 3. The van der Waals surface area contributed by atoms with Crippen molar-refractivity contribution in [1.82, 2.24) is 4.90 Å². The van der Waals surface area contributed by atoms with E-state index in [1.54, 1.807) is 0 Å². The maximum atomic E-state index is 3.09. The van der Waals surface area contributed by atoms with Crippen LogP contribution in [0.5, 0.6) is 0 Å². The van der Waals surface area contributed by atoms with E-state index in [0.29, 0.717) is 0 Å². The van der Waals surface area contributed by atoms with Crippen molar-refractivity contribution < 1.29 is 0 Å². The summed E-state index contributed by atoms with van der Waals surface area (Å²) in [5.41, 5.74) is 2.51. The molecule has 94 valence electrons. The Balaban J connectivity index is 0. The van der Waals surface area contributed by atoms with E-state index in [0.717, 1.165) is 12.2 Å². The van der Waals surface area contributed by atoms with Gasteiger partial charge in [-0.2, -0.15) is 0 Å². The molecule has 1 aromatic rings. The second-order valence-corrected chi connectivity index (χ2v) is 3.18. The Morgan fingerprint density at radius 2 is 1.38 bits per heavy atom. The highest BCUT2D eigenvalue weighted by Gasteiger charge is 1.93. The van der Waals surface area contributed by atoms with Crippen LogP contribution in [0, 0.1) is 0 Å². The van der Waals surface area contributed by atoms with Gasteiger partial charge in [0.1, 0.15) is 0 Å². The molecule has 1 rings (SSSR count). The third kappa shape index (κ3) is 8.30. The van der Waals surface area contributed by atoms with E-state index >= 15 is 0 Å². The highest BCUT2D eigenvalue weighted by molar-refractivity contribution is 5.43. The molecule has 2 heteroatoms. The molecule has 1 N–H and O–H groups in total. The van der Waals surface area contributed by atoms with Crippen LogP contribution in [0.2, 0.25) is 0 Å². The summed E-state index contributed by atoms with van der Waals surface area (Å²) in [6.45, 7) is 9.00. The third-order valence-corrected chi connectivity index (χ3v) is 1.74. The molecule has 1 aromatic carbocycles. The molecule has 0 heterocycles. The maximum Gasteiger partial charge on any atom is 0.0337 e. The first-order valence-corrected chi connectivity index (χ1v) is 6.14. The molecule has 0 aliphatic heterocycles. The van der Waals surface area contributed by atoms with E-state index in [2.05, 4.69) is 48.6 Å². The van der Waals surface area contributed by atoms with Gasteiger partial charge in [0.2, 0.25) is 0 Å². The minimum absolute atomic E-state index is 1.00. The summed E-state index contributed by atoms with van der Waals surface area (Å²) in [6, 6.07) is 8.48. The highest BCUT2D eigenvalue weighted by Crippen LogP contribution is 2.09. The van der Waals surface area contributed by atoms with Gasteiger partial charge in [0.25, 0.3) is 0 Å². The van der Waals surface area contributed by atoms with Crippen LogP contribution in [0.25, 0.3) is 0 Å². The summed E-state index contributed by atoms with van der Waals surface area (Å²) in [5.74, 6) is 0. The van der Waals surface area contributed by atoms with E-state index in [9.17, 15) is 0 Å². The summed E-state index contributed by atoms with van der Waals surface area (Å²) in [5, 5.41) is 3.09. The van der Waals surface area contributed by atoms with Crippen LogP contribution in [0.4, 0.5) is 5.69 Å². The van der Waals surface area contributed by atoms with Crippen LogP contribution in [0.15, 0.2) is 24.3 Å². The van der Waals surface area contributed by atoms with Crippen LogP contribution in [0.1, 0.15) is 33.3 Å². The van der Waals surface area contributed by atoms with Gasteiger partial charge in [-0.25, -0.2) is 0 Å². The summed E-state index contributed by atoms with van der Waals surface area (Å²) in [6.07, 6.45) is 0. The van der Waals surface area contributed by atoms with Crippen molar-refractivity contribution in [3.8, 4) is 0 Å². The average molecular weight is 224 g/mol. The number of benzene rings is 1. The number of nitrogens with one attached hydrogen (secondary N) is 1. The van der Waals surface area contributed by atoms with E-state index in [-0.39, 0.29) is 0 Å². The van der Waals surface area contributed by atoms with Crippen molar-refractivity contribution in [3.63, 3.8) is 0 Å². The average Bonchev–Trinajstić information content (AvgIpc) is 2.34. The van der Waals surface area contributed by atoms with Crippen molar-refractivity contribution in [2.24, 2.45) is 0 Å². The largest absolute Gasteiger partial charge is 0.388 e. The Morgan fingerprint density at radius 1 is 0.938 bits per heavy atom. The smallest absolute Gasteiger partial charge is 0.0337 e. The lowest BCUT2D eigenvalue weighted by atomic mass is 10.2. The predicted molar refractivity (Wildman–Crippen MR) is 76.1 cm³/mol. The number of nitrogens with zero attached hydrogens (tertiary/aromatic N) is 1. The summed E-state index contributed by atoms with van der Waals surface area (Å²) in [7, 11) is 6.08. The lowest BCUT2D eigenvalue weighted by molar-refractivity contribution is 0.402. The summed E-state index contributed by atoms with van der Waals surface area (Å²) in [4.78, 5) is 2.16. The fourth-order valence-electron chi connectivity index (χ4n) is 1.14. The molecule has 0 saturated heterocycles. The molecular formula is C14H28N2. The van der Waals surface area contributed by atoms with Gasteiger partial charge in [-0.3, -0.25) is 0 Å². The van der Waals surface area contributed by atoms with Crippen molar-refractivity contribution in [2.75, 3.05) is 26.5 Å². The molecule has 0 radical (unpaired) electrons. The highest BCUT2D eigenvalue weighted by atomic mass is 15.0. The zero-order chi connectivity index (χ0) is 13.0. The molecule has 16 heavy (non-hydrogen) atoms. The van der Waals surface area contributed by atoms with Crippen LogP contribution in [-0.2, 0) is 6.54 Å². The van der Waals surface area contributed by atoms with Gasteiger partial charge in [0, 0.05) is 19.3 Å². The minimum Gasteiger partial charge on any atom is -0.388 e. The Kier molecular flexibility index (Phi) is 13.1. The SMILES string of the molecule is CC.CC.CNc1ccc(CN(C)C)cc1. The second-order valence-electron chi connectivity index (χ2n) is 3.18. The lowest BCUT2D eigenvalue weighted by Crippen LogP contribution is -2.10. The quantitative estimate of drug-likeness (QED) is 0.839. The minimum atomic E-state index is 1.00. The molecule has 0 unspecified atom stereocenters. The third-order valence-electron chi connectivity index (χ3n) is 1.74. The predicted octanol–water partition coefficient (Wildman–Crippen LogP) is 3.84. The molecule has 0 aromatic heterocycles. The molecule has 0 saturated carbocycles. The molecule has 0 atom stereocenters. The van der Waals surface area contributed by atoms with Gasteiger partial charge in [0.05, 0.1) is 0 Å². The van der Waals surface area contributed by atoms with E-state index in [1.807, 2.05) is 34.7 Å². The first-order valence-electron chi connectivity index (χ1n) is 6.14. The Morgan fingerprint density at radius 3 is 1.69 bits per heavy atom. The van der Waals surface area contributed by atoms with E-state index in [4.69, 9.17) is 0 Å². The van der Waals surface area contributed by atoms with Crippen LogP contribution >= 0.6 is 0 Å². The number of hydrogen-bond donors (Lipinski definition) is 1. The van der Waals surface area contributed by atoms with Gasteiger partial charge >= 0.3 is 0 Å². The van der Waals surface area contributed by atoms with Crippen molar-refractivity contribution in [3.05, 3.63) is 29.8 Å². The van der Waals surface area contributed by atoms with Crippen molar-refractivity contribution in [2.45, 2.75) is 34.2 Å². The molecule has 0 spiro atoms. The molecular weight excluding hydrogens is 196 g/mol. The zero-order valence-electron chi connectivity index (χ0n) is 12.0. The van der Waals surface area contributed by atoms with Crippen LogP contribution < -0.4 is 5.32 Å². The molecule has 0 bridgehead atoms. The van der Waals surface area contributed by atoms with Crippen molar-refractivity contribution >= 4 is 5.69 Å². The second kappa shape index (κ2) is 12.1. The number of anilines is 1. The maximum absolute atomic E-state index is 3.09. The zero-order valence-corrected chi connectivity index (χ0v) is 12.0. The lowest BCUT2D eigenvalue weighted by Gasteiger charge is -2.09. The molecule has 0 aliphatic carbocycles. The molecule has 0 amide bonds. The normalized spacial score (nSPS) is 8.50. The van der Waals surface area contributed by atoms with Crippen LogP contribution in [0.3, 0.4) is 0 Å². The van der Waals surface area contributed by atoms with Crippen molar-refractivity contribution in [1.29, 1.82) is 0 Å². The monoisotopic (exact) mass is 224 g/mol. The van der Waals surface area contributed by atoms with E-state index in [1.165, 1.54) is 5.56 Å². The van der Waals surface area contributed by atoms with Gasteiger partial charge in [-0.1, -0.05) is 39.8 Å². The van der Waals surface area contributed by atoms with Gasteiger partial charge < -0.3 is 10.2 Å². The fraction of sp³-hybridized carbons (Fsp3) is 0.571. The molecule has 0 fully saturated rings. The van der Waals surface area contributed by atoms with Gasteiger partial charge in [-0.05, 0) is 31.8 Å². The summed E-state index contributed by atoms with van der Waals surface area (Å²) >= 11 is 0. The molecule has 0 aliphatic rings. The van der Waals surface area contributed by atoms with E-state index < -0.39 is 0 Å². The van der Waals surface area contributed by atoms with Crippen LogP contribution in [-0.4, -0.2) is 26.0 Å². The van der Waals surface area contributed by atoms with Gasteiger partial charge in [-0.15, -0.1) is 0 Å². The first-order chi connectivity index (χ1) is 7.72. The van der Waals surface area contributed by atoms with Gasteiger partial charge in [0.15, 0.2) is 0 Å². The summed E-state index contributed by atoms with van der Waals surface area (Å²) < 4.78 is 0. The topological polar surface area (TPSA) is 15.3 Å². The Hall–Kier alpha value is -1.02. The standard InChI is InChI=1S/C10H16N2.2C2H6/c1-11-10-6-4-9(5-7-10)8-12(2)3;2*1-2/h4-7,11H,8H2,1-3H3;2*1-2H3. The number of hydrogen-bond acceptors (Lipinski definition) is 2. The Labute approximate surface area is 102 Å². The molecule has 2 nitrogen and oxygen atoms in total. The first kappa shape index (κ1) is 17.4. The fourth-order valence-corrected chi connectivity index (χ4v) is 1.14. The Bertz CT molecular complexity index is 227.